The summed E-state index contributed by atoms with van der Waals surface area (Å²) >= 11 is 0. The van der Waals surface area contributed by atoms with E-state index in [0.29, 0.717) is 11.4 Å². The number of anilines is 1. The lowest BCUT2D eigenvalue weighted by Gasteiger charge is -2.25. The first-order valence-electron chi connectivity index (χ1n) is 8.15. The Labute approximate surface area is 147 Å². The number of nitrogens with one attached hydrogen (secondary N) is 2. The first kappa shape index (κ1) is 17.4. The fraction of sp³-hybridized carbons (Fsp3) is 0.278. The quantitative estimate of drug-likeness (QED) is 0.828. The predicted molar refractivity (Wildman–Crippen MR) is 95.1 cm³/mol. The van der Waals surface area contributed by atoms with E-state index >= 15 is 0 Å². The molecule has 7 heteroatoms. The average Bonchev–Trinajstić information content (AvgIpc) is 2.62. The Morgan fingerprint density at radius 1 is 1.12 bits per heavy atom. The van der Waals surface area contributed by atoms with Crippen molar-refractivity contribution in [3.8, 4) is 5.75 Å². The van der Waals surface area contributed by atoms with Gasteiger partial charge in [0.2, 0.25) is 10.0 Å². The fourth-order valence-electron chi connectivity index (χ4n) is 2.59. The van der Waals surface area contributed by atoms with Gasteiger partial charge in [-0.3, -0.25) is 4.79 Å². The molecule has 2 aromatic rings. The van der Waals surface area contributed by atoms with Gasteiger partial charge in [0, 0.05) is 13.0 Å². The van der Waals surface area contributed by atoms with Crippen LogP contribution in [0.4, 0.5) is 5.69 Å². The van der Waals surface area contributed by atoms with Crippen molar-refractivity contribution in [3.05, 3.63) is 54.1 Å². The molecule has 0 radical (unpaired) electrons. The summed E-state index contributed by atoms with van der Waals surface area (Å²) < 4.78 is 32.8. The van der Waals surface area contributed by atoms with E-state index in [2.05, 4.69) is 10.0 Å². The van der Waals surface area contributed by atoms with E-state index < -0.39 is 16.1 Å². The number of aryl methyl sites for hydroxylation is 1. The van der Waals surface area contributed by atoms with Crippen LogP contribution in [-0.4, -0.2) is 27.0 Å². The molecule has 0 spiro atoms. The van der Waals surface area contributed by atoms with E-state index in [1.165, 1.54) is 0 Å². The molecule has 0 bridgehead atoms. The molecule has 3 rings (SSSR count). The predicted octanol–water partition coefficient (Wildman–Crippen LogP) is 2.32. The highest BCUT2D eigenvalue weighted by molar-refractivity contribution is 7.89. The third-order valence-corrected chi connectivity index (χ3v) is 5.52. The first-order valence-corrected chi connectivity index (χ1v) is 9.63. The zero-order valence-electron chi connectivity index (χ0n) is 13.9. The van der Waals surface area contributed by atoms with Gasteiger partial charge in [0.25, 0.3) is 5.91 Å². The minimum Gasteiger partial charge on any atom is -0.478 e. The van der Waals surface area contributed by atoms with Crippen LogP contribution in [0.15, 0.2) is 53.4 Å². The molecule has 0 fully saturated rings. The lowest BCUT2D eigenvalue weighted by Crippen LogP contribution is -2.39. The Kier molecular flexibility index (Phi) is 5.06. The monoisotopic (exact) mass is 360 g/mol. The third kappa shape index (κ3) is 4.00. The number of rotatable bonds is 6. The van der Waals surface area contributed by atoms with Crippen LogP contribution >= 0.6 is 0 Å². The summed E-state index contributed by atoms with van der Waals surface area (Å²) in [6.07, 6.45) is 0.371. The number of hydrogen-bond donors (Lipinski definition) is 2. The van der Waals surface area contributed by atoms with Crippen LogP contribution in [0.2, 0.25) is 0 Å². The van der Waals surface area contributed by atoms with Crippen molar-refractivity contribution in [2.24, 2.45) is 0 Å². The second kappa shape index (κ2) is 7.25. The summed E-state index contributed by atoms with van der Waals surface area (Å²) in [6, 6.07) is 13.9. The number of ether oxygens (including phenoxy) is 1. The standard InChI is InChI=1S/C18H20N2O4S/c1-2-13-7-9-14(10-8-13)25(22,23)19-12-11-17-18(21)20-15-5-3-4-6-16(15)24-17/h3-10,17,19H,2,11-12H2,1H3,(H,20,21). The van der Waals surface area contributed by atoms with Crippen LogP contribution in [0.3, 0.4) is 0 Å². The average molecular weight is 360 g/mol. The van der Waals surface area contributed by atoms with E-state index in [-0.39, 0.29) is 23.8 Å². The summed E-state index contributed by atoms with van der Waals surface area (Å²) in [5, 5.41) is 2.76. The fourth-order valence-corrected chi connectivity index (χ4v) is 3.64. The zero-order valence-corrected chi connectivity index (χ0v) is 14.7. The van der Waals surface area contributed by atoms with Crippen molar-refractivity contribution in [1.29, 1.82) is 0 Å². The van der Waals surface area contributed by atoms with Gasteiger partial charge in [-0.05, 0) is 36.2 Å². The van der Waals surface area contributed by atoms with Gasteiger partial charge >= 0.3 is 0 Å². The van der Waals surface area contributed by atoms with E-state index in [1.807, 2.05) is 13.0 Å². The van der Waals surface area contributed by atoms with Crippen LogP contribution in [0.5, 0.6) is 5.75 Å². The molecule has 1 heterocycles. The highest BCUT2D eigenvalue weighted by atomic mass is 32.2. The third-order valence-electron chi connectivity index (χ3n) is 4.05. The van der Waals surface area contributed by atoms with Gasteiger partial charge < -0.3 is 10.1 Å². The van der Waals surface area contributed by atoms with Crippen molar-refractivity contribution < 1.29 is 17.9 Å². The number of hydrogen-bond acceptors (Lipinski definition) is 4. The first-order chi connectivity index (χ1) is 12.0. The number of sulfonamides is 1. The summed E-state index contributed by atoms with van der Waals surface area (Å²) in [7, 11) is -3.60. The molecule has 0 saturated heterocycles. The smallest absolute Gasteiger partial charge is 0.265 e. The maximum atomic E-state index is 12.3. The molecule has 0 aliphatic carbocycles. The molecule has 2 N–H and O–H groups in total. The molecule has 2 aromatic carbocycles. The Morgan fingerprint density at radius 2 is 1.84 bits per heavy atom. The van der Waals surface area contributed by atoms with Crippen molar-refractivity contribution in [2.45, 2.75) is 30.8 Å². The molecule has 132 valence electrons. The maximum absolute atomic E-state index is 12.3. The number of benzene rings is 2. The SMILES string of the molecule is CCc1ccc(S(=O)(=O)NCCC2Oc3ccccc3NC2=O)cc1. The molecular formula is C18H20N2O4S. The van der Waals surface area contributed by atoms with Crippen LogP contribution in [0, 0.1) is 0 Å². The number of carbonyl (C=O) groups excluding carboxylic acids is 1. The maximum Gasteiger partial charge on any atom is 0.265 e. The second-order valence-corrected chi connectivity index (χ2v) is 7.54. The number of para-hydroxylation sites is 2. The summed E-state index contributed by atoms with van der Waals surface area (Å²) in [5.41, 5.74) is 1.70. The van der Waals surface area contributed by atoms with E-state index in [9.17, 15) is 13.2 Å². The minimum absolute atomic E-state index is 0.109. The van der Waals surface area contributed by atoms with Gasteiger partial charge in [0.1, 0.15) is 5.75 Å². The van der Waals surface area contributed by atoms with Crippen LogP contribution in [0.1, 0.15) is 18.9 Å². The van der Waals surface area contributed by atoms with Gasteiger partial charge in [0.15, 0.2) is 6.10 Å². The molecule has 25 heavy (non-hydrogen) atoms. The molecule has 0 aromatic heterocycles. The van der Waals surface area contributed by atoms with Crippen molar-refractivity contribution >= 4 is 21.6 Å². The normalized spacial score (nSPS) is 16.7. The summed E-state index contributed by atoms with van der Waals surface area (Å²) in [5.74, 6) is 0.315. The van der Waals surface area contributed by atoms with Gasteiger partial charge in [-0.1, -0.05) is 31.2 Å². The Balaban J connectivity index is 1.59. The van der Waals surface area contributed by atoms with E-state index in [0.717, 1.165) is 12.0 Å². The minimum atomic E-state index is -3.60. The molecule has 1 aliphatic heterocycles. The van der Waals surface area contributed by atoms with Crippen LogP contribution < -0.4 is 14.8 Å². The van der Waals surface area contributed by atoms with Crippen molar-refractivity contribution in [3.63, 3.8) is 0 Å². The number of carbonyl (C=O) groups is 1. The van der Waals surface area contributed by atoms with Crippen molar-refractivity contribution in [1.82, 2.24) is 4.72 Å². The van der Waals surface area contributed by atoms with Gasteiger partial charge in [-0.2, -0.15) is 0 Å². The van der Waals surface area contributed by atoms with Crippen molar-refractivity contribution in [2.75, 3.05) is 11.9 Å². The molecule has 1 amide bonds. The van der Waals surface area contributed by atoms with Gasteiger partial charge in [-0.25, -0.2) is 13.1 Å². The Bertz CT molecular complexity index is 863. The van der Waals surface area contributed by atoms with Gasteiger partial charge in [0.05, 0.1) is 10.6 Å². The highest BCUT2D eigenvalue weighted by Crippen LogP contribution is 2.29. The molecule has 6 nitrogen and oxygen atoms in total. The number of amides is 1. The molecule has 1 atom stereocenters. The van der Waals surface area contributed by atoms with Crippen LogP contribution in [0.25, 0.3) is 0 Å². The van der Waals surface area contributed by atoms with Crippen LogP contribution in [-0.2, 0) is 21.2 Å². The lowest BCUT2D eigenvalue weighted by molar-refractivity contribution is -0.123. The lowest BCUT2D eigenvalue weighted by atomic mass is 10.2. The number of fused-ring (bicyclic) bond motifs is 1. The largest absolute Gasteiger partial charge is 0.478 e. The highest BCUT2D eigenvalue weighted by Gasteiger charge is 2.27. The summed E-state index contributed by atoms with van der Waals surface area (Å²) in [4.78, 5) is 12.3. The van der Waals surface area contributed by atoms with E-state index in [1.54, 1.807) is 42.5 Å². The molecule has 1 aliphatic rings. The Morgan fingerprint density at radius 3 is 2.56 bits per heavy atom. The Hall–Kier alpha value is -2.38. The van der Waals surface area contributed by atoms with Gasteiger partial charge in [-0.15, -0.1) is 0 Å². The zero-order chi connectivity index (χ0) is 17.9. The summed E-state index contributed by atoms with van der Waals surface area (Å²) in [6.45, 7) is 2.12. The van der Waals surface area contributed by atoms with E-state index in [4.69, 9.17) is 4.74 Å². The molecule has 1 unspecified atom stereocenters. The molecular weight excluding hydrogens is 340 g/mol. The second-order valence-electron chi connectivity index (χ2n) is 5.78. The molecule has 0 saturated carbocycles. The topological polar surface area (TPSA) is 84.5 Å².